The fourth-order valence-electron chi connectivity index (χ4n) is 6.69. The lowest BCUT2D eigenvalue weighted by molar-refractivity contribution is -0.141. The molecule has 0 saturated carbocycles. The summed E-state index contributed by atoms with van der Waals surface area (Å²) in [7, 11) is 5.30. The van der Waals surface area contributed by atoms with Crippen LogP contribution in [0, 0.1) is 0 Å². The second-order valence-corrected chi connectivity index (χ2v) is 12.3. The minimum absolute atomic E-state index is 0.0212. The van der Waals surface area contributed by atoms with E-state index in [2.05, 4.69) is 30.2 Å². The van der Waals surface area contributed by atoms with E-state index >= 15 is 0 Å². The third kappa shape index (κ3) is 5.72. The Hall–Kier alpha value is -6.23. The van der Waals surface area contributed by atoms with Crippen LogP contribution in [0.2, 0.25) is 0 Å². The highest BCUT2D eigenvalue weighted by molar-refractivity contribution is 6.20. The zero-order valence-corrected chi connectivity index (χ0v) is 28.9. The number of aromatic hydroxyl groups is 1. The van der Waals surface area contributed by atoms with Crippen molar-refractivity contribution in [2.24, 2.45) is 0 Å². The zero-order valence-electron chi connectivity index (χ0n) is 28.2. The van der Waals surface area contributed by atoms with E-state index in [1.54, 1.807) is 24.3 Å². The molecule has 0 radical (unpaired) electrons. The molecule has 0 aliphatic carbocycles. The normalized spacial score (nSPS) is 14.1. The smallest absolute Gasteiger partial charge is 0.432 e. The van der Waals surface area contributed by atoms with Gasteiger partial charge in [-0.3, -0.25) is 9.59 Å². The lowest BCUT2D eigenvalue weighted by Gasteiger charge is -2.17. The highest BCUT2D eigenvalue weighted by Crippen LogP contribution is 2.49. The van der Waals surface area contributed by atoms with Gasteiger partial charge in [0, 0.05) is 52.5 Å². The van der Waals surface area contributed by atoms with Crippen molar-refractivity contribution in [3.63, 3.8) is 0 Å². The number of alkyl halides is 4. The molecule has 53 heavy (non-hydrogen) atoms. The summed E-state index contributed by atoms with van der Waals surface area (Å²) in [6.45, 7) is -0.0593. The number of halogens is 4. The first-order valence-electron chi connectivity index (χ1n) is 15.7. The summed E-state index contributed by atoms with van der Waals surface area (Å²) in [4.78, 5) is 46.4. The van der Waals surface area contributed by atoms with Crippen molar-refractivity contribution in [1.29, 1.82) is 0 Å². The van der Waals surface area contributed by atoms with Gasteiger partial charge in [-0.25, -0.2) is 4.79 Å². The van der Waals surface area contributed by atoms with Crippen molar-refractivity contribution in [3.8, 4) is 23.0 Å². The van der Waals surface area contributed by atoms with Crippen molar-refractivity contribution in [2.75, 3.05) is 51.1 Å². The molecule has 0 saturated heterocycles. The van der Waals surface area contributed by atoms with Gasteiger partial charge in [-0.1, -0.05) is 0 Å². The first kappa shape index (κ1) is 35.2. The van der Waals surface area contributed by atoms with E-state index in [1.165, 1.54) is 38.4 Å². The fraction of sp³-hybridized carbons (Fsp3) is 0.229. The van der Waals surface area contributed by atoms with Gasteiger partial charge >= 0.3 is 12.1 Å². The number of methoxy groups -OCH3 is 4. The number of aromatic amines is 2. The average molecular weight is 753 g/mol. The molecule has 14 nitrogen and oxygen atoms in total. The predicted octanol–water partition coefficient (Wildman–Crippen LogP) is 6.36. The largest absolute Gasteiger partial charge is 0.506 e. The number of nitrogens with zero attached hydrogens (tertiary/aromatic N) is 3. The fourth-order valence-corrected chi connectivity index (χ4v) is 6.94. The summed E-state index contributed by atoms with van der Waals surface area (Å²) in [6.07, 6.45) is -4.99. The van der Waals surface area contributed by atoms with Crippen molar-refractivity contribution in [1.82, 2.24) is 20.2 Å². The van der Waals surface area contributed by atoms with Gasteiger partial charge in [0.15, 0.2) is 17.2 Å². The standard InChI is InChI=1S/C35H28ClF3N6O8/c1-50-24-10-19-17(29(51-2)30(24)52-3)9-20(44-43-19)32(47)40-16-5-6-18-14(7-16)8-21(41-18)33(48)45-13-15(12-36)25-22(45)11-23(46)28-26(25)27(34(49)53-4)31(42-28)35(37,38)39/h5-11,15,41-42,46H,12-13H2,1-4H3,(H,40,47). The number of fused-ring (bicyclic) bond motifs is 5. The molecule has 1 unspecified atom stereocenters. The summed E-state index contributed by atoms with van der Waals surface area (Å²) in [5.41, 5.74) is -0.910. The minimum Gasteiger partial charge on any atom is -0.506 e. The van der Waals surface area contributed by atoms with E-state index in [0.717, 1.165) is 13.2 Å². The lowest BCUT2D eigenvalue weighted by atomic mass is 9.95. The summed E-state index contributed by atoms with van der Waals surface area (Å²) in [5, 5.41) is 22.6. The number of carbonyl (C=O) groups excluding carboxylic acids is 3. The van der Waals surface area contributed by atoms with E-state index < -0.39 is 46.9 Å². The summed E-state index contributed by atoms with van der Waals surface area (Å²) in [5.74, 6) is -2.88. The molecule has 3 aromatic heterocycles. The number of carbonyl (C=O) groups is 3. The van der Waals surface area contributed by atoms with Crippen molar-refractivity contribution < 1.29 is 51.6 Å². The molecule has 4 heterocycles. The maximum absolute atomic E-state index is 14.0. The van der Waals surface area contributed by atoms with Crippen LogP contribution >= 0.6 is 11.6 Å². The molecule has 1 aliphatic heterocycles. The van der Waals surface area contributed by atoms with Crippen LogP contribution in [0.1, 0.15) is 48.5 Å². The number of nitrogens with one attached hydrogen (secondary N) is 3. The Labute approximate surface area is 301 Å². The molecule has 18 heteroatoms. The summed E-state index contributed by atoms with van der Waals surface area (Å²) >= 11 is 6.27. The van der Waals surface area contributed by atoms with Gasteiger partial charge < -0.3 is 44.2 Å². The Kier molecular flexibility index (Phi) is 8.68. The van der Waals surface area contributed by atoms with Crippen LogP contribution in [-0.2, 0) is 10.9 Å². The van der Waals surface area contributed by atoms with Crippen LogP contribution in [0.3, 0.4) is 0 Å². The van der Waals surface area contributed by atoms with Crippen LogP contribution in [0.4, 0.5) is 24.5 Å². The second kappa shape index (κ2) is 13.1. The number of hydrogen-bond acceptors (Lipinski definition) is 10. The minimum atomic E-state index is -4.99. The molecular formula is C35H28ClF3N6O8. The lowest BCUT2D eigenvalue weighted by Crippen LogP contribution is -2.30. The number of ether oxygens (including phenoxy) is 4. The molecule has 0 spiro atoms. The van der Waals surface area contributed by atoms with Crippen LogP contribution in [0.5, 0.6) is 23.0 Å². The first-order valence-corrected chi connectivity index (χ1v) is 16.2. The molecule has 0 fully saturated rings. The highest BCUT2D eigenvalue weighted by Gasteiger charge is 2.43. The van der Waals surface area contributed by atoms with Gasteiger partial charge in [-0.15, -0.1) is 21.8 Å². The van der Waals surface area contributed by atoms with Crippen LogP contribution in [0.15, 0.2) is 42.5 Å². The summed E-state index contributed by atoms with van der Waals surface area (Å²) in [6, 6.07) is 10.7. The van der Waals surface area contributed by atoms with E-state index in [4.69, 9.17) is 25.8 Å². The molecule has 4 N–H and O–H groups in total. The SMILES string of the molecule is COC(=O)c1c(C(F)(F)F)[nH]c2c(O)cc3c(c12)C(CCl)CN3C(=O)c1cc2cc(NC(=O)c3cc4c(OC)c(OC)c(OC)cc4nn3)ccc2[nH]1. The number of phenolic OH excluding ortho intramolecular Hbond substituents is 1. The highest BCUT2D eigenvalue weighted by atomic mass is 35.5. The molecule has 1 atom stereocenters. The number of esters is 1. The number of anilines is 2. The number of phenols is 1. The topological polar surface area (TPSA) is 181 Å². The number of amides is 2. The van der Waals surface area contributed by atoms with E-state index in [1.807, 2.05) is 0 Å². The maximum atomic E-state index is 14.0. The van der Waals surface area contributed by atoms with Crippen molar-refractivity contribution in [2.45, 2.75) is 12.1 Å². The molecule has 3 aromatic carbocycles. The average Bonchev–Trinajstić information content (AvgIpc) is 3.86. The Morgan fingerprint density at radius 3 is 2.42 bits per heavy atom. The van der Waals surface area contributed by atoms with Gasteiger partial charge in [0.1, 0.15) is 22.7 Å². The Morgan fingerprint density at radius 2 is 1.75 bits per heavy atom. The van der Waals surface area contributed by atoms with Gasteiger partial charge in [-0.05, 0) is 35.9 Å². The number of hydrogen-bond donors (Lipinski definition) is 4. The molecule has 6 aromatic rings. The van der Waals surface area contributed by atoms with Crippen LogP contribution < -0.4 is 24.4 Å². The van der Waals surface area contributed by atoms with E-state index in [-0.39, 0.29) is 46.0 Å². The van der Waals surface area contributed by atoms with E-state index in [0.29, 0.717) is 44.7 Å². The Balaban J connectivity index is 1.21. The molecule has 2 amide bonds. The Morgan fingerprint density at radius 1 is 1.00 bits per heavy atom. The molecule has 0 bridgehead atoms. The first-order chi connectivity index (χ1) is 25.3. The second-order valence-electron chi connectivity index (χ2n) is 12.0. The number of H-pyrrole nitrogens is 2. The van der Waals surface area contributed by atoms with Crippen LogP contribution in [0.25, 0.3) is 32.7 Å². The summed E-state index contributed by atoms with van der Waals surface area (Å²) < 4.78 is 63.1. The van der Waals surface area contributed by atoms with Gasteiger partial charge in [0.25, 0.3) is 11.8 Å². The van der Waals surface area contributed by atoms with E-state index in [9.17, 15) is 32.7 Å². The predicted molar refractivity (Wildman–Crippen MR) is 187 cm³/mol. The number of benzene rings is 3. The number of rotatable bonds is 8. The third-order valence-corrected chi connectivity index (χ3v) is 9.39. The van der Waals surface area contributed by atoms with Gasteiger partial charge in [-0.2, -0.15) is 13.2 Å². The zero-order chi connectivity index (χ0) is 37.9. The molecule has 1 aliphatic rings. The monoisotopic (exact) mass is 752 g/mol. The number of aromatic nitrogens is 4. The third-order valence-electron chi connectivity index (χ3n) is 9.02. The quantitative estimate of drug-likeness (QED) is 0.101. The molecular weight excluding hydrogens is 725 g/mol. The van der Waals surface area contributed by atoms with Gasteiger partial charge in [0.05, 0.1) is 50.6 Å². The Bertz CT molecular complexity index is 2500. The van der Waals surface area contributed by atoms with Gasteiger partial charge in [0.2, 0.25) is 5.75 Å². The molecule has 7 rings (SSSR count). The van der Waals surface area contributed by atoms with Crippen molar-refractivity contribution >= 4 is 73.5 Å². The maximum Gasteiger partial charge on any atom is 0.432 e. The van der Waals surface area contributed by atoms with Crippen molar-refractivity contribution in [3.05, 3.63) is 70.7 Å². The molecule has 274 valence electrons. The van der Waals surface area contributed by atoms with Crippen LogP contribution in [-0.4, -0.2) is 83.9 Å².